The fourth-order valence-corrected chi connectivity index (χ4v) is 3.15. The molecule has 104 valence electrons. The number of aliphatic hydroxyl groups excluding tert-OH is 1. The van der Waals surface area contributed by atoms with Crippen molar-refractivity contribution >= 4 is 5.91 Å². The molecule has 18 heavy (non-hydrogen) atoms. The van der Waals surface area contributed by atoms with Gasteiger partial charge in [0.1, 0.15) is 0 Å². The molecule has 2 rings (SSSR count). The van der Waals surface area contributed by atoms with Crippen molar-refractivity contribution in [2.75, 3.05) is 19.7 Å². The maximum atomic E-state index is 12.5. The van der Waals surface area contributed by atoms with Gasteiger partial charge < -0.3 is 15.7 Å². The molecule has 1 heterocycles. The molecule has 1 saturated heterocycles. The first-order chi connectivity index (χ1) is 8.60. The number of hydrogen-bond donors (Lipinski definition) is 3. The molecule has 1 saturated carbocycles. The van der Waals surface area contributed by atoms with Crippen LogP contribution in [0, 0.1) is 5.41 Å². The van der Waals surface area contributed by atoms with Gasteiger partial charge in [-0.3, -0.25) is 4.79 Å². The molecular formula is C14H26N2O2. The molecule has 0 aromatic rings. The second-order valence-electron chi connectivity index (χ2n) is 6.26. The fourth-order valence-electron chi connectivity index (χ4n) is 3.15. The maximum absolute atomic E-state index is 12.5. The molecule has 2 fully saturated rings. The van der Waals surface area contributed by atoms with Gasteiger partial charge in [-0.1, -0.05) is 26.2 Å². The lowest BCUT2D eigenvalue weighted by Crippen LogP contribution is -2.57. The number of piperidine rings is 1. The normalized spacial score (nSPS) is 26.6. The molecule has 0 unspecified atom stereocenters. The molecule has 1 amide bonds. The van der Waals surface area contributed by atoms with Crippen molar-refractivity contribution in [1.82, 2.24) is 10.6 Å². The third kappa shape index (κ3) is 2.86. The molecular weight excluding hydrogens is 228 g/mol. The van der Waals surface area contributed by atoms with Crippen LogP contribution >= 0.6 is 0 Å². The SMILES string of the molecule is CC1(C(=O)NC2(CO)CCCCC2)CCNCC1. The summed E-state index contributed by atoms with van der Waals surface area (Å²) in [5, 5.41) is 16.1. The summed E-state index contributed by atoms with van der Waals surface area (Å²) < 4.78 is 0. The predicted octanol–water partition coefficient (Wildman–Crippen LogP) is 1.19. The van der Waals surface area contributed by atoms with Crippen LogP contribution in [0.5, 0.6) is 0 Å². The molecule has 0 spiro atoms. The summed E-state index contributed by atoms with van der Waals surface area (Å²) in [7, 11) is 0. The molecule has 0 radical (unpaired) electrons. The van der Waals surface area contributed by atoms with Crippen molar-refractivity contribution in [3.63, 3.8) is 0 Å². The zero-order valence-electron chi connectivity index (χ0n) is 11.4. The number of carbonyl (C=O) groups excluding carboxylic acids is 1. The lowest BCUT2D eigenvalue weighted by molar-refractivity contribution is -0.134. The monoisotopic (exact) mass is 254 g/mol. The predicted molar refractivity (Wildman–Crippen MR) is 71.3 cm³/mol. The molecule has 3 N–H and O–H groups in total. The van der Waals surface area contributed by atoms with Gasteiger partial charge in [-0.15, -0.1) is 0 Å². The molecule has 4 nitrogen and oxygen atoms in total. The number of hydrogen-bond acceptors (Lipinski definition) is 3. The van der Waals surface area contributed by atoms with Crippen LogP contribution in [-0.4, -0.2) is 36.2 Å². The van der Waals surface area contributed by atoms with Crippen molar-refractivity contribution in [1.29, 1.82) is 0 Å². The first kappa shape index (κ1) is 13.8. The van der Waals surface area contributed by atoms with E-state index < -0.39 is 0 Å². The van der Waals surface area contributed by atoms with E-state index in [4.69, 9.17) is 0 Å². The molecule has 0 bridgehead atoms. The number of nitrogens with one attached hydrogen (secondary N) is 2. The quantitative estimate of drug-likeness (QED) is 0.709. The first-order valence-electron chi connectivity index (χ1n) is 7.25. The Morgan fingerprint density at radius 1 is 1.17 bits per heavy atom. The molecule has 0 atom stereocenters. The second kappa shape index (κ2) is 5.57. The van der Waals surface area contributed by atoms with Gasteiger partial charge in [0.25, 0.3) is 0 Å². The van der Waals surface area contributed by atoms with E-state index >= 15 is 0 Å². The van der Waals surface area contributed by atoms with Crippen molar-refractivity contribution < 1.29 is 9.90 Å². The van der Waals surface area contributed by atoms with E-state index in [1.54, 1.807) is 0 Å². The average molecular weight is 254 g/mol. The highest BCUT2D eigenvalue weighted by Crippen LogP contribution is 2.32. The highest BCUT2D eigenvalue weighted by atomic mass is 16.3. The van der Waals surface area contributed by atoms with Crippen LogP contribution in [0.1, 0.15) is 51.9 Å². The highest BCUT2D eigenvalue weighted by Gasteiger charge is 2.40. The van der Waals surface area contributed by atoms with Crippen molar-refractivity contribution in [2.24, 2.45) is 5.41 Å². The number of amides is 1. The molecule has 1 aliphatic carbocycles. The van der Waals surface area contributed by atoms with E-state index in [-0.39, 0.29) is 23.5 Å². The minimum atomic E-state index is -0.344. The van der Waals surface area contributed by atoms with Gasteiger partial charge in [0.15, 0.2) is 0 Å². The Morgan fingerprint density at radius 2 is 1.78 bits per heavy atom. The Kier molecular flexibility index (Phi) is 4.28. The fraction of sp³-hybridized carbons (Fsp3) is 0.929. The van der Waals surface area contributed by atoms with E-state index in [1.165, 1.54) is 6.42 Å². The molecule has 0 aromatic heterocycles. The van der Waals surface area contributed by atoms with E-state index in [9.17, 15) is 9.90 Å². The van der Waals surface area contributed by atoms with Gasteiger partial charge >= 0.3 is 0 Å². The summed E-state index contributed by atoms with van der Waals surface area (Å²) in [5.41, 5.74) is -0.603. The second-order valence-corrected chi connectivity index (χ2v) is 6.26. The minimum Gasteiger partial charge on any atom is -0.394 e. The standard InChI is InChI=1S/C14H26N2O2/c1-13(7-9-15-10-8-13)12(18)16-14(11-17)5-3-2-4-6-14/h15,17H,2-11H2,1H3,(H,16,18). The third-order valence-electron chi connectivity index (χ3n) is 4.75. The van der Waals surface area contributed by atoms with Crippen LogP contribution in [-0.2, 0) is 4.79 Å². The summed E-state index contributed by atoms with van der Waals surface area (Å²) in [6, 6.07) is 0. The Balaban J connectivity index is 2.00. The smallest absolute Gasteiger partial charge is 0.226 e. The Bertz CT molecular complexity index is 292. The van der Waals surface area contributed by atoms with Crippen LogP contribution in [0.2, 0.25) is 0 Å². The van der Waals surface area contributed by atoms with Gasteiger partial charge in [-0.2, -0.15) is 0 Å². The zero-order chi connectivity index (χ0) is 13.1. The van der Waals surface area contributed by atoms with E-state index in [0.717, 1.165) is 51.6 Å². The summed E-state index contributed by atoms with van der Waals surface area (Å²) in [6.07, 6.45) is 7.06. The van der Waals surface area contributed by atoms with E-state index in [2.05, 4.69) is 17.6 Å². The Labute approximate surface area is 110 Å². The highest BCUT2D eigenvalue weighted by molar-refractivity contribution is 5.83. The third-order valence-corrected chi connectivity index (χ3v) is 4.75. The largest absolute Gasteiger partial charge is 0.394 e. The van der Waals surface area contributed by atoms with Crippen LogP contribution in [0.4, 0.5) is 0 Å². The van der Waals surface area contributed by atoms with Crippen LogP contribution in [0.25, 0.3) is 0 Å². The van der Waals surface area contributed by atoms with Crippen molar-refractivity contribution in [2.45, 2.75) is 57.4 Å². The summed E-state index contributed by atoms with van der Waals surface area (Å²) in [5.74, 6) is 0.139. The lowest BCUT2D eigenvalue weighted by Gasteiger charge is -2.41. The summed E-state index contributed by atoms with van der Waals surface area (Å²) >= 11 is 0. The topological polar surface area (TPSA) is 61.4 Å². The van der Waals surface area contributed by atoms with Gasteiger partial charge in [0.2, 0.25) is 5.91 Å². The number of carbonyl (C=O) groups is 1. The summed E-state index contributed by atoms with van der Waals surface area (Å²) in [4.78, 5) is 12.5. The number of aliphatic hydroxyl groups is 1. The van der Waals surface area contributed by atoms with Gasteiger partial charge in [0.05, 0.1) is 12.1 Å². The molecule has 1 aliphatic heterocycles. The summed E-state index contributed by atoms with van der Waals surface area (Å²) in [6.45, 7) is 3.95. The van der Waals surface area contributed by atoms with Crippen molar-refractivity contribution in [3.05, 3.63) is 0 Å². The van der Waals surface area contributed by atoms with E-state index in [0.29, 0.717) is 0 Å². The van der Waals surface area contributed by atoms with Gasteiger partial charge in [0, 0.05) is 5.41 Å². The van der Waals surface area contributed by atoms with Crippen LogP contribution in [0.15, 0.2) is 0 Å². The lowest BCUT2D eigenvalue weighted by atomic mass is 9.77. The van der Waals surface area contributed by atoms with Crippen molar-refractivity contribution in [3.8, 4) is 0 Å². The Hall–Kier alpha value is -0.610. The Morgan fingerprint density at radius 3 is 2.33 bits per heavy atom. The molecule has 4 heteroatoms. The first-order valence-corrected chi connectivity index (χ1v) is 7.25. The van der Waals surface area contributed by atoms with Gasteiger partial charge in [-0.05, 0) is 38.8 Å². The zero-order valence-corrected chi connectivity index (χ0v) is 11.4. The molecule has 2 aliphatic rings. The van der Waals surface area contributed by atoms with E-state index in [1.807, 2.05) is 0 Å². The average Bonchev–Trinajstić information content (AvgIpc) is 2.40. The molecule has 0 aromatic carbocycles. The van der Waals surface area contributed by atoms with Crippen LogP contribution in [0.3, 0.4) is 0 Å². The van der Waals surface area contributed by atoms with Crippen LogP contribution < -0.4 is 10.6 Å². The minimum absolute atomic E-state index is 0.0765. The van der Waals surface area contributed by atoms with Gasteiger partial charge in [-0.25, -0.2) is 0 Å². The number of rotatable bonds is 3. The maximum Gasteiger partial charge on any atom is 0.226 e.